The van der Waals surface area contributed by atoms with Gasteiger partial charge in [0, 0.05) is 31.0 Å². The highest BCUT2D eigenvalue weighted by atomic mass is 16.7. The molecule has 1 heterocycles. The van der Waals surface area contributed by atoms with Crippen LogP contribution in [0.4, 0.5) is 10.5 Å². The molecule has 3 amide bonds. The van der Waals surface area contributed by atoms with E-state index in [4.69, 9.17) is 9.47 Å². The van der Waals surface area contributed by atoms with Crippen LogP contribution in [-0.4, -0.2) is 44.5 Å². The molecule has 2 rings (SSSR count). The fourth-order valence-electron chi connectivity index (χ4n) is 2.73. The fourth-order valence-corrected chi connectivity index (χ4v) is 2.73. The van der Waals surface area contributed by atoms with Crippen LogP contribution in [0.2, 0.25) is 0 Å². The first kappa shape index (κ1) is 18.2. The summed E-state index contributed by atoms with van der Waals surface area (Å²) in [7, 11) is 0. The number of ether oxygens (including phenoxy) is 2. The van der Waals surface area contributed by atoms with Gasteiger partial charge in [0.2, 0.25) is 0 Å². The Kier molecular flexibility index (Phi) is 6.57. The Morgan fingerprint density at radius 3 is 2.50 bits per heavy atom. The van der Waals surface area contributed by atoms with E-state index in [1.165, 1.54) is 0 Å². The third-order valence-electron chi connectivity index (χ3n) is 3.70. The van der Waals surface area contributed by atoms with Crippen LogP contribution < -0.4 is 15.5 Å². The summed E-state index contributed by atoms with van der Waals surface area (Å²) in [6.45, 7) is 7.35. The van der Waals surface area contributed by atoms with Crippen molar-refractivity contribution in [2.75, 3.05) is 31.2 Å². The third kappa shape index (κ3) is 4.04. The van der Waals surface area contributed by atoms with Gasteiger partial charge < -0.3 is 25.0 Å². The van der Waals surface area contributed by atoms with Crippen LogP contribution in [0.1, 0.15) is 32.4 Å². The van der Waals surface area contributed by atoms with Crippen molar-refractivity contribution in [1.82, 2.24) is 10.6 Å². The zero-order chi connectivity index (χ0) is 17.5. The zero-order valence-corrected chi connectivity index (χ0v) is 14.4. The molecule has 1 aliphatic rings. The SMILES string of the molecule is CCNC(=O)NC1C(=O)N(CC(OCC)OCC)c2ccccc21. The van der Waals surface area contributed by atoms with Crippen molar-refractivity contribution in [2.24, 2.45) is 0 Å². The standard InChI is InChI=1S/C17H25N3O4/c1-4-18-17(22)19-15-12-9-7-8-10-13(12)20(16(15)21)11-14(23-5-2)24-6-3/h7-10,14-15H,4-6,11H2,1-3H3,(H2,18,19,22). The Bertz CT molecular complexity index is 573. The summed E-state index contributed by atoms with van der Waals surface area (Å²) < 4.78 is 11.1. The quantitative estimate of drug-likeness (QED) is 0.710. The number of nitrogens with zero attached hydrogens (tertiary/aromatic N) is 1. The Hall–Kier alpha value is -2.12. The van der Waals surface area contributed by atoms with Gasteiger partial charge in [-0.05, 0) is 26.8 Å². The number of urea groups is 1. The maximum atomic E-state index is 12.8. The number of benzene rings is 1. The summed E-state index contributed by atoms with van der Waals surface area (Å²) >= 11 is 0. The van der Waals surface area contributed by atoms with Crippen LogP contribution in [0.15, 0.2) is 24.3 Å². The van der Waals surface area contributed by atoms with E-state index in [0.29, 0.717) is 19.8 Å². The number of fused-ring (bicyclic) bond motifs is 1. The third-order valence-corrected chi connectivity index (χ3v) is 3.70. The van der Waals surface area contributed by atoms with Gasteiger partial charge in [0.25, 0.3) is 5.91 Å². The lowest BCUT2D eigenvalue weighted by molar-refractivity contribution is -0.135. The van der Waals surface area contributed by atoms with E-state index in [9.17, 15) is 9.59 Å². The number of amides is 3. The average Bonchev–Trinajstić information content (AvgIpc) is 2.81. The number of hydrogen-bond donors (Lipinski definition) is 2. The van der Waals surface area contributed by atoms with Gasteiger partial charge in [-0.25, -0.2) is 4.79 Å². The van der Waals surface area contributed by atoms with Gasteiger partial charge in [0.15, 0.2) is 6.29 Å². The average molecular weight is 335 g/mol. The van der Waals surface area contributed by atoms with Crippen LogP contribution in [0.5, 0.6) is 0 Å². The lowest BCUT2D eigenvalue weighted by Crippen LogP contribution is -2.44. The molecular formula is C17H25N3O4. The molecule has 0 fully saturated rings. The first-order valence-electron chi connectivity index (χ1n) is 8.30. The van der Waals surface area contributed by atoms with Crippen LogP contribution in [-0.2, 0) is 14.3 Å². The van der Waals surface area contributed by atoms with Gasteiger partial charge in [-0.15, -0.1) is 0 Å². The molecule has 0 saturated carbocycles. The first-order valence-corrected chi connectivity index (χ1v) is 8.30. The molecule has 1 aromatic rings. The lowest BCUT2D eigenvalue weighted by atomic mass is 10.1. The number of nitrogens with one attached hydrogen (secondary N) is 2. The lowest BCUT2D eigenvalue weighted by Gasteiger charge is -2.24. The molecule has 0 spiro atoms. The molecule has 0 aliphatic carbocycles. The summed E-state index contributed by atoms with van der Waals surface area (Å²) in [4.78, 5) is 26.3. The van der Waals surface area contributed by atoms with Crippen molar-refractivity contribution in [3.8, 4) is 0 Å². The van der Waals surface area contributed by atoms with Gasteiger partial charge in [-0.3, -0.25) is 4.79 Å². The molecule has 0 radical (unpaired) electrons. The van der Waals surface area contributed by atoms with Crippen LogP contribution in [0, 0.1) is 0 Å². The van der Waals surface area contributed by atoms with E-state index in [0.717, 1.165) is 11.3 Å². The smallest absolute Gasteiger partial charge is 0.315 e. The zero-order valence-electron chi connectivity index (χ0n) is 14.4. The molecule has 7 heteroatoms. The van der Waals surface area contributed by atoms with Crippen molar-refractivity contribution >= 4 is 17.6 Å². The van der Waals surface area contributed by atoms with Gasteiger partial charge in [0.1, 0.15) is 6.04 Å². The summed E-state index contributed by atoms with van der Waals surface area (Å²) in [5.41, 5.74) is 1.55. The predicted octanol–water partition coefficient (Wildman–Crippen LogP) is 1.79. The Labute approximate surface area is 142 Å². The van der Waals surface area contributed by atoms with Crippen molar-refractivity contribution in [2.45, 2.75) is 33.1 Å². The summed E-state index contributed by atoms with van der Waals surface area (Å²) in [5.74, 6) is -0.188. The summed E-state index contributed by atoms with van der Waals surface area (Å²) in [5, 5.41) is 5.38. The molecular weight excluding hydrogens is 310 g/mol. The van der Waals surface area contributed by atoms with Crippen molar-refractivity contribution in [3.05, 3.63) is 29.8 Å². The summed E-state index contributed by atoms with van der Waals surface area (Å²) in [6, 6.07) is 6.37. The molecule has 0 aromatic heterocycles. The maximum Gasteiger partial charge on any atom is 0.315 e. The topological polar surface area (TPSA) is 79.9 Å². The molecule has 132 valence electrons. The van der Waals surface area contributed by atoms with E-state index < -0.39 is 12.3 Å². The molecule has 0 bridgehead atoms. The molecule has 1 aromatic carbocycles. The normalized spacial score (nSPS) is 16.4. The van der Waals surface area contributed by atoms with Crippen LogP contribution in [0.25, 0.3) is 0 Å². The van der Waals surface area contributed by atoms with Crippen molar-refractivity contribution < 1.29 is 19.1 Å². The number of carbonyl (C=O) groups is 2. The molecule has 2 N–H and O–H groups in total. The first-order chi connectivity index (χ1) is 11.6. The number of anilines is 1. The minimum absolute atomic E-state index is 0.188. The van der Waals surface area contributed by atoms with Gasteiger partial charge >= 0.3 is 6.03 Å². The number of carbonyl (C=O) groups excluding carboxylic acids is 2. The summed E-state index contributed by atoms with van der Waals surface area (Å²) in [6.07, 6.45) is -0.500. The minimum Gasteiger partial charge on any atom is -0.351 e. The second-order valence-electron chi connectivity index (χ2n) is 5.28. The highest BCUT2D eigenvalue weighted by Crippen LogP contribution is 2.35. The number of hydrogen-bond acceptors (Lipinski definition) is 4. The molecule has 1 atom stereocenters. The van der Waals surface area contributed by atoms with Gasteiger partial charge in [0.05, 0.1) is 6.54 Å². The molecule has 7 nitrogen and oxygen atoms in total. The predicted molar refractivity (Wildman–Crippen MR) is 90.8 cm³/mol. The van der Waals surface area contributed by atoms with Gasteiger partial charge in [-0.2, -0.15) is 0 Å². The Balaban J connectivity index is 2.20. The highest BCUT2D eigenvalue weighted by Gasteiger charge is 2.39. The van der Waals surface area contributed by atoms with Gasteiger partial charge in [-0.1, -0.05) is 18.2 Å². The minimum atomic E-state index is -0.698. The largest absolute Gasteiger partial charge is 0.351 e. The van der Waals surface area contributed by atoms with Crippen molar-refractivity contribution in [3.63, 3.8) is 0 Å². The van der Waals surface area contributed by atoms with Crippen LogP contribution >= 0.6 is 0 Å². The van der Waals surface area contributed by atoms with Crippen molar-refractivity contribution in [1.29, 1.82) is 0 Å². The molecule has 0 saturated heterocycles. The van der Waals surface area contributed by atoms with E-state index in [1.54, 1.807) is 4.90 Å². The number of para-hydroxylation sites is 1. The second kappa shape index (κ2) is 8.65. The monoisotopic (exact) mass is 335 g/mol. The number of rotatable bonds is 8. The fraction of sp³-hybridized carbons (Fsp3) is 0.529. The van der Waals surface area contributed by atoms with E-state index in [-0.39, 0.29) is 18.5 Å². The molecule has 1 aliphatic heterocycles. The maximum absolute atomic E-state index is 12.8. The Morgan fingerprint density at radius 2 is 1.88 bits per heavy atom. The molecule has 1 unspecified atom stereocenters. The Morgan fingerprint density at radius 1 is 1.21 bits per heavy atom. The molecule has 24 heavy (non-hydrogen) atoms. The van der Waals surface area contributed by atoms with E-state index >= 15 is 0 Å². The second-order valence-corrected chi connectivity index (χ2v) is 5.28. The highest BCUT2D eigenvalue weighted by molar-refractivity contribution is 6.06. The van der Waals surface area contributed by atoms with E-state index in [1.807, 2.05) is 45.0 Å². The van der Waals surface area contributed by atoms with Crippen LogP contribution in [0.3, 0.4) is 0 Å². The van der Waals surface area contributed by atoms with E-state index in [2.05, 4.69) is 10.6 Å².